The van der Waals surface area contributed by atoms with Crippen LogP contribution in [0.3, 0.4) is 0 Å². The molecule has 0 aliphatic heterocycles. The van der Waals surface area contributed by atoms with Gasteiger partial charge in [-0.1, -0.05) is 68.9 Å². The highest BCUT2D eigenvalue weighted by molar-refractivity contribution is 7.80. The maximum atomic E-state index is 14.5. The van der Waals surface area contributed by atoms with Crippen molar-refractivity contribution in [2.75, 3.05) is 38.5 Å². The molecule has 0 aliphatic rings. The second-order valence-corrected chi connectivity index (χ2v) is 21.5. The van der Waals surface area contributed by atoms with Gasteiger partial charge in [0.25, 0.3) is 0 Å². The average Bonchev–Trinajstić information content (AvgIpc) is 2.27. The highest BCUT2D eigenvalue weighted by Crippen LogP contribution is 2.13. The minimum Gasteiger partial charge on any atom is -0.480 e. The van der Waals surface area contributed by atoms with E-state index in [1.165, 1.54) is 0 Å². The van der Waals surface area contributed by atoms with Crippen LogP contribution in [-0.4, -0.2) is 175 Å². The molecule has 0 saturated carbocycles. The van der Waals surface area contributed by atoms with E-state index in [0.29, 0.717) is 63.6 Å². The first-order chi connectivity index (χ1) is 41.9. The molecule has 0 heterocycles. The topological polar surface area (TPSA) is 589 Å². The van der Waals surface area contributed by atoms with Crippen LogP contribution in [0.25, 0.3) is 0 Å². The van der Waals surface area contributed by atoms with Gasteiger partial charge in [-0.05, 0) is 109 Å². The maximum Gasteiger partial charge on any atom is 0.327 e. The fourth-order valence-electron chi connectivity index (χ4n) is 8.83. The first kappa shape index (κ1) is 78.1. The van der Waals surface area contributed by atoms with Gasteiger partial charge in [-0.2, -0.15) is 12.6 Å². The van der Waals surface area contributed by atoms with E-state index >= 15 is 0 Å². The first-order valence-electron chi connectivity index (χ1n) is 29.7. The summed E-state index contributed by atoms with van der Waals surface area (Å²) in [5.41, 5.74) is 57.2. The highest BCUT2D eigenvalue weighted by Gasteiger charge is 2.35. The number of unbranched alkanes of at least 4 members (excludes halogenated alkanes) is 7. The molecule has 33 heteroatoms. The van der Waals surface area contributed by atoms with Crippen molar-refractivity contribution in [3.63, 3.8) is 0 Å². The van der Waals surface area contributed by atoms with Crippen molar-refractivity contribution in [1.82, 2.24) is 42.5 Å². The summed E-state index contributed by atoms with van der Waals surface area (Å²) in [6, 6.07) is -4.05. The standard InChI is InChI=1S/C55H98N20O12S/c56-25-11-3-1-8-18-35(46(79)70-36(19-9-2-4-12-26-57)50(83)75-42(32-88)53(86)87)69-47(80)37(20-10-13-27-58)71-48(81)38(21-14-28-66-54(62)63)73-52(85)41(31-44(61)77)74-49(82)39(22-15-29-67-55(64)65)72-51(84)40(23-24-43(60)76)68-45(78)34(59)30-33-16-6-5-7-17-33/h5-7,16-17,34-42,88H,1-4,8-15,18-32,56-59H2,(H2,60,76)(H2,61,77)(H,68,78)(H,69,80)(H,70,79)(H,71,81)(H,72,84)(H,73,85)(H,74,82)(H,75,83)(H,86,87)(H4,62,63,66)(H4,64,65,67)/t34-,35-,36-,37-,38-,39-,40-,41-,42-/m0/s1. The van der Waals surface area contributed by atoms with Crippen LogP contribution < -0.4 is 99.9 Å². The van der Waals surface area contributed by atoms with Crippen molar-refractivity contribution in [2.45, 2.75) is 189 Å². The van der Waals surface area contributed by atoms with E-state index < -0.39 is 126 Å². The van der Waals surface area contributed by atoms with Gasteiger partial charge in [0.1, 0.15) is 48.3 Å². The SMILES string of the molecule is NCCCCCC[C@H](NC(=O)[C@H](CCCCCCN)NC(=O)[C@H](CCCCN)NC(=O)[C@H](CCCN=C(N)N)NC(=O)[C@H](CC(N)=O)NC(=O)[C@H](CCCN=C(N)N)NC(=O)[C@H](CCC(N)=O)NC(=O)[C@@H](N)Cc1ccccc1)C(=O)N[C@@H](CS)C(=O)O. The third-order valence-electron chi connectivity index (χ3n) is 13.7. The van der Waals surface area contributed by atoms with Crippen LogP contribution in [-0.2, 0) is 59.2 Å². The van der Waals surface area contributed by atoms with Crippen molar-refractivity contribution >= 4 is 89.6 Å². The Hall–Kier alpha value is -7.88. The van der Waals surface area contributed by atoms with Crippen molar-refractivity contribution in [3.05, 3.63) is 35.9 Å². The number of hydrogen-bond donors (Lipinski definition) is 20. The lowest BCUT2D eigenvalue weighted by atomic mass is 10.0. The van der Waals surface area contributed by atoms with E-state index in [1.807, 2.05) is 0 Å². The van der Waals surface area contributed by atoms with Crippen molar-refractivity contribution in [1.29, 1.82) is 0 Å². The zero-order valence-corrected chi connectivity index (χ0v) is 51.1. The van der Waals surface area contributed by atoms with Gasteiger partial charge in [0.05, 0.1) is 12.5 Å². The molecule has 10 amide bonds. The number of carbonyl (C=O) groups excluding carboxylic acids is 10. The van der Waals surface area contributed by atoms with Crippen LogP contribution >= 0.6 is 12.6 Å². The lowest BCUT2D eigenvalue weighted by molar-refractivity contribution is -0.141. The number of primary amides is 2. The molecule has 0 spiro atoms. The number of rotatable bonds is 49. The molecule has 1 aromatic carbocycles. The summed E-state index contributed by atoms with van der Waals surface area (Å²) in [5, 5.41) is 30.1. The monoisotopic (exact) mass is 1260 g/mol. The van der Waals surface area contributed by atoms with E-state index in [0.717, 1.165) is 12.8 Å². The van der Waals surface area contributed by atoms with E-state index in [-0.39, 0.29) is 108 Å². The molecular weight excluding hydrogens is 1160 g/mol. The Kier molecular flexibility index (Phi) is 40.3. The summed E-state index contributed by atoms with van der Waals surface area (Å²) in [5.74, 6) is -11.3. The van der Waals surface area contributed by atoms with Gasteiger partial charge in [0.15, 0.2) is 11.9 Å². The number of aliphatic imine (C=N–C) groups is 2. The molecule has 0 saturated heterocycles. The van der Waals surface area contributed by atoms with Gasteiger partial charge in [-0.3, -0.25) is 57.9 Å². The number of amides is 10. The number of thiol groups is 1. The Morgan fingerprint density at radius 1 is 0.409 bits per heavy atom. The molecule has 496 valence electrons. The Balaban J connectivity index is 3.72. The van der Waals surface area contributed by atoms with Crippen LogP contribution in [0.4, 0.5) is 0 Å². The number of carboxylic acids is 1. The zero-order valence-electron chi connectivity index (χ0n) is 50.2. The average molecular weight is 1260 g/mol. The highest BCUT2D eigenvalue weighted by atomic mass is 32.1. The molecule has 9 atom stereocenters. The molecule has 0 unspecified atom stereocenters. The molecule has 32 nitrogen and oxygen atoms in total. The summed E-state index contributed by atoms with van der Waals surface area (Å²) in [6.07, 6.45) is 4.00. The normalized spacial score (nSPS) is 14.0. The molecule has 0 bridgehead atoms. The predicted molar refractivity (Wildman–Crippen MR) is 334 cm³/mol. The van der Waals surface area contributed by atoms with Gasteiger partial charge >= 0.3 is 5.97 Å². The Morgan fingerprint density at radius 2 is 0.727 bits per heavy atom. The molecule has 0 aromatic heterocycles. The molecule has 1 rings (SSSR count). The lowest BCUT2D eigenvalue weighted by Crippen LogP contribution is -2.60. The zero-order chi connectivity index (χ0) is 66.0. The Labute approximate surface area is 519 Å². The third kappa shape index (κ3) is 34.5. The number of guanidine groups is 2. The number of nitrogens with zero attached hydrogens (tertiary/aromatic N) is 2. The number of hydrogen-bond acceptors (Lipinski definition) is 18. The molecule has 0 radical (unpaired) electrons. The van der Waals surface area contributed by atoms with Crippen molar-refractivity contribution in [3.8, 4) is 0 Å². The Morgan fingerprint density at radius 3 is 1.08 bits per heavy atom. The third-order valence-corrected chi connectivity index (χ3v) is 14.0. The number of carbonyl (C=O) groups is 11. The molecule has 0 fully saturated rings. The van der Waals surface area contributed by atoms with Gasteiger partial charge in [0.2, 0.25) is 59.1 Å². The van der Waals surface area contributed by atoms with Crippen LogP contribution in [0, 0.1) is 0 Å². The molecule has 1 aromatic rings. The Bertz CT molecular complexity index is 2420. The number of aliphatic carboxylic acids is 1. The maximum absolute atomic E-state index is 14.5. The fraction of sp³-hybridized carbons (Fsp3) is 0.655. The van der Waals surface area contributed by atoms with Crippen LogP contribution in [0.5, 0.6) is 0 Å². The number of carboxylic acid groups (broad SMARTS) is 1. The smallest absolute Gasteiger partial charge is 0.327 e. The first-order valence-corrected chi connectivity index (χ1v) is 30.3. The second kappa shape index (κ2) is 45.4. The molecular formula is C55H98N20O12S. The fourth-order valence-corrected chi connectivity index (χ4v) is 9.08. The van der Waals surface area contributed by atoms with Crippen LogP contribution in [0.15, 0.2) is 40.3 Å². The van der Waals surface area contributed by atoms with Gasteiger partial charge in [-0.15, -0.1) is 0 Å². The summed E-state index contributed by atoms with van der Waals surface area (Å²) in [7, 11) is 0. The summed E-state index contributed by atoms with van der Waals surface area (Å²) in [6.45, 7) is 0.986. The lowest BCUT2D eigenvalue weighted by Gasteiger charge is -2.28. The van der Waals surface area contributed by atoms with E-state index in [9.17, 15) is 57.8 Å². The van der Waals surface area contributed by atoms with E-state index in [2.05, 4.69) is 65.1 Å². The van der Waals surface area contributed by atoms with E-state index in [1.54, 1.807) is 30.3 Å². The van der Waals surface area contributed by atoms with Gasteiger partial charge in [-0.25, -0.2) is 4.79 Å². The van der Waals surface area contributed by atoms with Gasteiger partial charge < -0.3 is 105 Å². The summed E-state index contributed by atoms with van der Waals surface area (Å²) in [4.78, 5) is 157. The second-order valence-electron chi connectivity index (χ2n) is 21.1. The van der Waals surface area contributed by atoms with Crippen molar-refractivity contribution < 1.29 is 57.8 Å². The largest absolute Gasteiger partial charge is 0.480 e. The predicted octanol–water partition coefficient (Wildman–Crippen LogP) is -5.36. The van der Waals surface area contributed by atoms with Crippen molar-refractivity contribution in [2.24, 2.45) is 67.3 Å². The molecule has 29 N–H and O–H groups in total. The molecule has 88 heavy (non-hydrogen) atoms. The number of nitrogens with two attached hydrogens (primary N) is 10. The number of benzene rings is 1. The summed E-state index contributed by atoms with van der Waals surface area (Å²) >= 11 is 4.04. The quantitative estimate of drug-likeness (QED) is 0.0125. The molecule has 0 aliphatic carbocycles. The van der Waals surface area contributed by atoms with E-state index in [4.69, 9.17) is 57.3 Å². The minimum atomic E-state index is -1.83. The van der Waals surface area contributed by atoms with Crippen LogP contribution in [0.2, 0.25) is 0 Å². The summed E-state index contributed by atoms with van der Waals surface area (Å²) < 4.78 is 0. The minimum absolute atomic E-state index is 0.0351. The number of nitrogens with one attached hydrogen (secondary N) is 8. The van der Waals surface area contributed by atoms with Gasteiger partial charge in [0, 0.05) is 25.3 Å². The van der Waals surface area contributed by atoms with Crippen LogP contribution in [0.1, 0.15) is 134 Å².